The molecule has 1 unspecified atom stereocenters. The van der Waals surface area contributed by atoms with Gasteiger partial charge in [-0.05, 0) is 78.0 Å². The molecule has 4 rings (SSSR count). The number of carbonyl (C=O) groups is 1. The molecule has 1 aliphatic heterocycles. The predicted octanol–water partition coefficient (Wildman–Crippen LogP) is 4.27. The van der Waals surface area contributed by atoms with Crippen LogP contribution in [0.2, 0.25) is 0 Å². The van der Waals surface area contributed by atoms with Crippen molar-refractivity contribution in [1.82, 2.24) is 25.2 Å². The topological polar surface area (TPSA) is 83.1 Å². The number of pyridine rings is 1. The summed E-state index contributed by atoms with van der Waals surface area (Å²) >= 11 is 0. The molecule has 0 aromatic carbocycles. The Morgan fingerprint density at radius 2 is 2.13 bits per heavy atom. The van der Waals surface area contributed by atoms with E-state index in [0.29, 0.717) is 18.5 Å². The minimum Gasteiger partial charge on any atom is -0.444 e. The molecule has 7 nitrogen and oxygen atoms in total. The lowest BCUT2D eigenvalue weighted by Crippen LogP contribution is -2.49. The number of rotatable bonds is 7. The van der Waals surface area contributed by atoms with Crippen molar-refractivity contribution in [3.63, 3.8) is 0 Å². The lowest BCUT2D eigenvalue weighted by Gasteiger charge is -2.34. The van der Waals surface area contributed by atoms with E-state index in [1.54, 1.807) is 0 Å². The van der Waals surface area contributed by atoms with Crippen LogP contribution in [0, 0.1) is 0 Å². The first-order valence-electron chi connectivity index (χ1n) is 11.6. The molecule has 168 valence electrons. The van der Waals surface area contributed by atoms with E-state index in [-0.39, 0.29) is 6.09 Å². The number of imidazole rings is 1. The van der Waals surface area contributed by atoms with Crippen LogP contribution in [0.15, 0.2) is 24.4 Å². The second-order valence-corrected chi connectivity index (χ2v) is 9.80. The van der Waals surface area contributed by atoms with Crippen LogP contribution in [0.3, 0.4) is 0 Å². The number of piperidine rings is 1. The average Bonchev–Trinajstić information content (AvgIpc) is 3.47. The standard InChI is InChI=1S/C24H35N5O2/c1-24(2,3)31-23(30)29-14-6-9-19(16-29)25-13-5-8-18-7-4-10-20(27-18)22-26-15-21(28-22)17-11-12-17/h4,7,10,15,17,19,25H,5-6,8-9,11-14,16H2,1-3H3,(H,26,28). The summed E-state index contributed by atoms with van der Waals surface area (Å²) in [6.07, 6.45) is 8.29. The maximum absolute atomic E-state index is 12.3. The number of hydrogen-bond donors (Lipinski definition) is 2. The van der Waals surface area contributed by atoms with E-state index in [2.05, 4.69) is 27.4 Å². The fraction of sp³-hybridized carbons (Fsp3) is 0.625. The number of nitrogens with zero attached hydrogens (tertiary/aromatic N) is 3. The average molecular weight is 426 g/mol. The van der Waals surface area contributed by atoms with Gasteiger partial charge in [0.15, 0.2) is 5.82 Å². The minimum atomic E-state index is -0.450. The van der Waals surface area contributed by atoms with Gasteiger partial charge in [-0.25, -0.2) is 14.8 Å². The van der Waals surface area contributed by atoms with Gasteiger partial charge in [-0.2, -0.15) is 0 Å². The smallest absolute Gasteiger partial charge is 0.410 e. The van der Waals surface area contributed by atoms with E-state index in [1.165, 1.54) is 18.5 Å². The number of hydrogen-bond acceptors (Lipinski definition) is 5. The van der Waals surface area contributed by atoms with Crippen molar-refractivity contribution in [3.8, 4) is 11.5 Å². The number of ether oxygens (including phenoxy) is 1. The molecule has 2 fully saturated rings. The van der Waals surface area contributed by atoms with E-state index in [0.717, 1.165) is 56.0 Å². The van der Waals surface area contributed by atoms with Crippen LogP contribution in [0.25, 0.3) is 11.5 Å². The normalized spacial score (nSPS) is 19.5. The molecule has 2 aromatic rings. The second-order valence-electron chi connectivity index (χ2n) is 9.80. The monoisotopic (exact) mass is 425 g/mol. The zero-order valence-corrected chi connectivity index (χ0v) is 19.0. The highest BCUT2D eigenvalue weighted by Gasteiger charge is 2.27. The molecule has 31 heavy (non-hydrogen) atoms. The summed E-state index contributed by atoms with van der Waals surface area (Å²) in [6.45, 7) is 8.12. The first-order valence-corrected chi connectivity index (χ1v) is 11.6. The quantitative estimate of drug-likeness (QED) is 0.647. The van der Waals surface area contributed by atoms with Gasteiger partial charge in [-0.3, -0.25) is 0 Å². The lowest BCUT2D eigenvalue weighted by atomic mass is 10.1. The molecule has 2 N–H and O–H groups in total. The van der Waals surface area contributed by atoms with Gasteiger partial charge in [0.1, 0.15) is 11.3 Å². The van der Waals surface area contributed by atoms with Crippen LogP contribution in [0.5, 0.6) is 0 Å². The second kappa shape index (κ2) is 9.39. The maximum Gasteiger partial charge on any atom is 0.410 e. The molecule has 1 amide bonds. The van der Waals surface area contributed by atoms with Crippen LogP contribution in [-0.2, 0) is 11.2 Å². The molecule has 2 aliphatic rings. The van der Waals surface area contributed by atoms with Crippen molar-refractivity contribution < 1.29 is 9.53 Å². The molecule has 1 aliphatic carbocycles. The highest BCUT2D eigenvalue weighted by Crippen LogP contribution is 2.39. The summed E-state index contributed by atoms with van der Waals surface area (Å²) in [5, 5.41) is 3.61. The number of aryl methyl sites for hydroxylation is 1. The van der Waals surface area contributed by atoms with Gasteiger partial charge in [0, 0.05) is 42.6 Å². The molecule has 1 saturated heterocycles. The Kier molecular flexibility index (Phi) is 6.60. The van der Waals surface area contributed by atoms with Crippen molar-refractivity contribution in [2.24, 2.45) is 0 Å². The van der Waals surface area contributed by atoms with E-state index in [9.17, 15) is 4.79 Å². The van der Waals surface area contributed by atoms with Crippen molar-refractivity contribution in [1.29, 1.82) is 0 Å². The Hall–Kier alpha value is -2.41. The zero-order chi connectivity index (χ0) is 21.8. The molecule has 2 aromatic heterocycles. The predicted molar refractivity (Wildman–Crippen MR) is 121 cm³/mol. The largest absolute Gasteiger partial charge is 0.444 e. The number of aromatic amines is 1. The van der Waals surface area contributed by atoms with E-state index in [1.807, 2.05) is 37.9 Å². The van der Waals surface area contributed by atoms with Gasteiger partial charge in [0.05, 0.1) is 0 Å². The Balaban J connectivity index is 1.22. The van der Waals surface area contributed by atoms with Crippen molar-refractivity contribution in [2.45, 2.75) is 76.9 Å². The molecule has 0 bridgehead atoms. The highest BCUT2D eigenvalue weighted by atomic mass is 16.6. The minimum absolute atomic E-state index is 0.206. The summed E-state index contributed by atoms with van der Waals surface area (Å²) < 4.78 is 5.52. The summed E-state index contributed by atoms with van der Waals surface area (Å²) in [7, 11) is 0. The lowest BCUT2D eigenvalue weighted by molar-refractivity contribution is 0.0188. The number of likely N-dealkylation sites (tertiary alicyclic amines) is 1. The van der Waals surface area contributed by atoms with Crippen LogP contribution >= 0.6 is 0 Å². The molecular weight excluding hydrogens is 390 g/mol. The summed E-state index contributed by atoms with van der Waals surface area (Å²) in [6, 6.07) is 6.48. The number of nitrogens with one attached hydrogen (secondary N) is 2. The van der Waals surface area contributed by atoms with Crippen LogP contribution in [0.1, 0.15) is 70.2 Å². The summed E-state index contributed by atoms with van der Waals surface area (Å²) in [5.41, 5.74) is 2.79. The van der Waals surface area contributed by atoms with Crippen molar-refractivity contribution in [3.05, 3.63) is 35.8 Å². The summed E-state index contributed by atoms with van der Waals surface area (Å²) in [5.74, 6) is 1.54. The van der Waals surface area contributed by atoms with E-state index >= 15 is 0 Å². The molecule has 3 heterocycles. The number of carbonyl (C=O) groups excluding carboxylic acids is 1. The fourth-order valence-electron chi connectivity index (χ4n) is 4.03. The third-order valence-electron chi connectivity index (χ3n) is 5.78. The van der Waals surface area contributed by atoms with Gasteiger partial charge in [0.2, 0.25) is 0 Å². The van der Waals surface area contributed by atoms with Gasteiger partial charge in [-0.1, -0.05) is 6.07 Å². The van der Waals surface area contributed by atoms with Crippen LogP contribution in [0.4, 0.5) is 4.79 Å². The van der Waals surface area contributed by atoms with Gasteiger partial charge < -0.3 is 19.9 Å². The fourth-order valence-corrected chi connectivity index (χ4v) is 4.03. The molecule has 1 saturated carbocycles. The Morgan fingerprint density at radius 1 is 1.29 bits per heavy atom. The van der Waals surface area contributed by atoms with Crippen molar-refractivity contribution >= 4 is 6.09 Å². The molecule has 1 atom stereocenters. The first-order chi connectivity index (χ1) is 14.9. The zero-order valence-electron chi connectivity index (χ0n) is 19.0. The Morgan fingerprint density at radius 3 is 2.90 bits per heavy atom. The third kappa shape index (κ3) is 6.29. The Bertz CT molecular complexity index is 884. The van der Waals surface area contributed by atoms with Crippen LogP contribution < -0.4 is 5.32 Å². The van der Waals surface area contributed by atoms with E-state index < -0.39 is 5.60 Å². The van der Waals surface area contributed by atoms with Gasteiger partial charge in [-0.15, -0.1) is 0 Å². The number of amides is 1. The third-order valence-corrected chi connectivity index (χ3v) is 5.78. The van der Waals surface area contributed by atoms with E-state index in [4.69, 9.17) is 9.72 Å². The maximum atomic E-state index is 12.3. The molecule has 7 heteroatoms. The highest BCUT2D eigenvalue weighted by molar-refractivity contribution is 5.68. The number of H-pyrrole nitrogens is 1. The first kappa shape index (κ1) is 21.8. The molecule has 0 radical (unpaired) electrons. The SMILES string of the molecule is CC(C)(C)OC(=O)N1CCCC(NCCCc2cccc(-c3ncc(C4CC4)[nH]3)n2)C1. The summed E-state index contributed by atoms with van der Waals surface area (Å²) in [4.78, 5) is 26.9. The Labute approximate surface area is 185 Å². The van der Waals surface area contributed by atoms with Crippen LogP contribution in [-0.4, -0.2) is 57.2 Å². The number of aromatic nitrogens is 3. The molecular formula is C24H35N5O2. The molecule has 0 spiro atoms. The van der Waals surface area contributed by atoms with Crippen molar-refractivity contribution in [2.75, 3.05) is 19.6 Å². The van der Waals surface area contributed by atoms with Gasteiger partial charge >= 0.3 is 6.09 Å². The van der Waals surface area contributed by atoms with Gasteiger partial charge in [0.25, 0.3) is 0 Å².